The lowest BCUT2D eigenvalue weighted by atomic mass is 10.2. The van der Waals surface area contributed by atoms with Crippen LogP contribution in [-0.2, 0) is 14.3 Å². The molecule has 2 rings (SSSR count). The van der Waals surface area contributed by atoms with Crippen LogP contribution < -0.4 is 5.73 Å². The molecule has 9 nitrogen and oxygen atoms in total. The zero-order chi connectivity index (χ0) is 17.0. The van der Waals surface area contributed by atoms with E-state index in [1.165, 1.54) is 24.4 Å². The Morgan fingerprint density at radius 2 is 2.39 bits per heavy atom. The maximum Gasteiger partial charge on any atom is 0.307 e. The smallest absolute Gasteiger partial charge is 0.307 e. The lowest BCUT2D eigenvalue weighted by Gasteiger charge is -2.13. The van der Waals surface area contributed by atoms with Gasteiger partial charge in [0, 0.05) is 6.54 Å². The third-order valence-corrected chi connectivity index (χ3v) is 4.15. The Bertz CT molecular complexity index is 684. The van der Waals surface area contributed by atoms with Crippen molar-refractivity contribution in [3.63, 3.8) is 0 Å². The van der Waals surface area contributed by atoms with Crippen molar-refractivity contribution < 1.29 is 19.1 Å². The number of amides is 2. The quantitative estimate of drug-likeness (QED) is 0.563. The largest absolute Gasteiger partial charge is 0.469 e. The van der Waals surface area contributed by atoms with Gasteiger partial charge in [-0.15, -0.1) is 6.58 Å². The van der Waals surface area contributed by atoms with Gasteiger partial charge in [0.15, 0.2) is 16.7 Å². The summed E-state index contributed by atoms with van der Waals surface area (Å²) in [6.45, 7) is 3.81. The van der Waals surface area contributed by atoms with E-state index in [2.05, 4.69) is 26.3 Å². The minimum absolute atomic E-state index is 0.0421. The summed E-state index contributed by atoms with van der Waals surface area (Å²) in [5.41, 5.74) is 5.26. The molecule has 1 aliphatic heterocycles. The van der Waals surface area contributed by atoms with E-state index < -0.39 is 17.1 Å². The van der Waals surface area contributed by atoms with E-state index in [4.69, 9.17) is 5.73 Å². The number of aromatic nitrogens is 2. The van der Waals surface area contributed by atoms with Crippen molar-refractivity contribution in [2.75, 3.05) is 13.7 Å². The molecule has 3 N–H and O–H groups in total. The van der Waals surface area contributed by atoms with Gasteiger partial charge in [-0.3, -0.25) is 19.3 Å². The van der Waals surface area contributed by atoms with Gasteiger partial charge in [0.2, 0.25) is 5.91 Å². The van der Waals surface area contributed by atoms with E-state index in [9.17, 15) is 14.4 Å². The second kappa shape index (κ2) is 7.09. The van der Waals surface area contributed by atoms with Gasteiger partial charge in [-0.2, -0.15) is 0 Å². The molecule has 23 heavy (non-hydrogen) atoms. The number of imidazole rings is 1. The highest BCUT2D eigenvalue weighted by Crippen LogP contribution is 2.31. The van der Waals surface area contributed by atoms with Crippen LogP contribution in [0.3, 0.4) is 0 Å². The van der Waals surface area contributed by atoms with E-state index in [1.54, 1.807) is 0 Å². The third kappa shape index (κ3) is 3.59. The molecule has 0 bridgehead atoms. The zero-order valence-corrected chi connectivity index (χ0v) is 13.1. The number of aliphatic imine (C=N–C) groups is 1. The van der Waals surface area contributed by atoms with Gasteiger partial charge in [-0.25, -0.2) is 9.98 Å². The summed E-state index contributed by atoms with van der Waals surface area (Å²) in [6.07, 6.45) is 2.74. The summed E-state index contributed by atoms with van der Waals surface area (Å²) < 4.78 is 4.59. The molecule has 1 unspecified atom stereocenters. The zero-order valence-electron chi connectivity index (χ0n) is 12.3. The number of hydrogen-bond acceptors (Lipinski definition) is 7. The van der Waals surface area contributed by atoms with Gasteiger partial charge in [0.25, 0.3) is 5.91 Å². The van der Waals surface area contributed by atoms with Crippen molar-refractivity contribution >= 4 is 40.5 Å². The Morgan fingerprint density at radius 3 is 3.00 bits per heavy atom. The first-order valence-corrected chi connectivity index (χ1v) is 7.43. The molecule has 2 heterocycles. The van der Waals surface area contributed by atoms with Gasteiger partial charge in [-0.1, -0.05) is 17.8 Å². The monoisotopic (exact) mass is 337 g/mol. The molecule has 1 atom stereocenters. The van der Waals surface area contributed by atoms with Crippen molar-refractivity contribution in [1.29, 1.82) is 0 Å². The molecule has 1 saturated heterocycles. The fourth-order valence-corrected chi connectivity index (χ4v) is 3.03. The SMILES string of the molecule is C=CCN1C(=O)C(CC(=O)OC)S/C1=N\c1nc[nH]c1C(N)=O. The summed E-state index contributed by atoms with van der Waals surface area (Å²) in [6, 6.07) is 0. The number of primary amides is 1. The van der Waals surface area contributed by atoms with Crippen molar-refractivity contribution in [3.8, 4) is 0 Å². The minimum Gasteiger partial charge on any atom is -0.469 e. The number of hydrogen-bond donors (Lipinski definition) is 2. The maximum atomic E-state index is 12.4. The Labute approximate surface area is 136 Å². The molecule has 0 spiro atoms. The lowest BCUT2D eigenvalue weighted by molar-refractivity contribution is -0.142. The highest BCUT2D eigenvalue weighted by molar-refractivity contribution is 8.15. The molecular formula is C13H15N5O4S. The van der Waals surface area contributed by atoms with Crippen LogP contribution >= 0.6 is 11.8 Å². The number of carbonyl (C=O) groups is 3. The van der Waals surface area contributed by atoms with Crippen LogP contribution in [0, 0.1) is 0 Å². The van der Waals surface area contributed by atoms with Gasteiger partial charge in [0.05, 0.1) is 19.9 Å². The molecule has 0 radical (unpaired) electrons. The Hall–Kier alpha value is -2.62. The molecule has 1 fully saturated rings. The first-order chi connectivity index (χ1) is 11.0. The van der Waals surface area contributed by atoms with Crippen LogP contribution in [0.4, 0.5) is 5.82 Å². The fraction of sp³-hybridized carbons (Fsp3) is 0.308. The van der Waals surface area contributed by atoms with E-state index >= 15 is 0 Å². The van der Waals surface area contributed by atoms with Gasteiger partial charge >= 0.3 is 5.97 Å². The molecular weight excluding hydrogens is 322 g/mol. The summed E-state index contributed by atoms with van der Waals surface area (Å²) in [7, 11) is 1.26. The number of ether oxygens (including phenoxy) is 1. The molecule has 10 heteroatoms. The number of H-pyrrole nitrogens is 1. The minimum atomic E-state index is -0.711. The van der Waals surface area contributed by atoms with Crippen molar-refractivity contribution in [1.82, 2.24) is 14.9 Å². The molecule has 0 aliphatic carbocycles. The van der Waals surface area contributed by atoms with Crippen molar-refractivity contribution in [2.45, 2.75) is 11.7 Å². The summed E-state index contributed by atoms with van der Waals surface area (Å²) in [4.78, 5) is 47.1. The number of nitrogens with zero attached hydrogens (tertiary/aromatic N) is 3. The maximum absolute atomic E-state index is 12.4. The lowest BCUT2D eigenvalue weighted by Crippen LogP contribution is -2.33. The van der Waals surface area contributed by atoms with Crippen molar-refractivity contribution in [3.05, 3.63) is 24.7 Å². The van der Waals surface area contributed by atoms with Crippen LogP contribution in [-0.4, -0.2) is 56.7 Å². The van der Waals surface area contributed by atoms with Gasteiger partial charge in [-0.05, 0) is 0 Å². The molecule has 0 aromatic carbocycles. The molecule has 0 saturated carbocycles. The molecule has 122 valence electrons. The number of methoxy groups -OCH3 is 1. The number of carbonyl (C=O) groups excluding carboxylic acids is 3. The summed E-state index contributed by atoms with van der Waals surface area (Å²) in [5.74, 6) is -1.40. The van der Waals surface area contributed by atoms with E-state index in [1.807, 2.05) is 0 Å². The number of esters is 1. The van der Waals surface area contributed by atoms with Crippen LogP contribution in [0.25, 0.3) is 0 Å². The van der Waals surface area contributed by atoms with Gasteiger partial charge in [0.1, 0.15) is 5.25 Å². The Balaban J connectivity index is 2.31. The molecule has 1 aliphatic rings. The van der Waals surface area contributed by atoms with Crippen LogP contribution in [0.15, 0.2) is 24.0 Å². The fourth-order valence-electron chi connectivity index (χ4n) is 1.90. The normalized spacial score (nSPS) is 19.2. The molecule has 1 aromatic heterocycles. The summed E-state index contributed by atoms with van der Waals surface area (Å²) in [5, 5.41) is -0.324. The topological polar surface area (TPSA) is 131 Å². The standard InChI is InChI=1S/C13H15N5O4S/c1-3-4-18-12(21)7(5-8(19)22-2)23-13(18)17-11-9(10(14)20)15-6-16-11/h3,6-7H,1,4-5H2,2H3,(H2,14,20)(H,15,16)/b17-13-. The number of rotatable bonds is 6. The van der Waals surface area contributed by atoms with Crippen LogP contribution in [0.2, 0.25) is 0 Å². The van der Waals surface area contributed by atoms with Crippen molar-refractivity contribution in [2.24, 2.45) is 10.7 Å². The average molecular weight is 337 g/mol. The molecule has 1 aromatic rings. The second-order valence-electron chi connectivity index (χ2n) is 4.48. The highest BCUT2D eigenvalue weighted by Gasteiger charge is 2.39. The van der Waals surface area contributed by atoms with Gasteiger partial charge < -0.3 is 15.5 Å². The van der Waals surface area contributed by atoms with E-state index in [0.717, 1.165) is 11.8 Å². The first kappa shape index (κ1) is 16.7. The van der Waals surface area contributed by atoms with E-state index in [0.29, 0.717) is 5.17 Å². The Morgan fingerprint density at radius 1 is 1.65 bits per heavy atom. The van der Waals surface area contributed by atoms with Crippen LogP contribution in [0.5, 0.6) is 0 Å². The number of amidine groups is 1. The molecule has 2 amide bonds. The predicted molar refractivity (Wildman–Crippen MR) is 84.1 cm³/mol. The Kier molecular flexibility index (Phi) is 5.16. The third-order valence-electron chi connectivity index (χ3n) is 2.98. The van der Waals surface area contributed by atoms with E-state index in [-0.39, 0.29) is 30.4 Å². The van der Waals surface area contributed by atoms with Crippen LogP contribution in [0.1, 0.15) is 16.9 Å². The second-order valence-corrected chi connectivity index (χ2v) is 5.65. The summed E-state index contributed by atoms with van der Waals surface area (Å²) >= 11 is 1.10. The number of nitrogens with two attached hydrogens (primary N) is 1. The first-order valence-electron chi connectivity index (χ1n) is 6.55. The number of nitrogens with one attached hydrogen (secondary N) is 1. The average Bonchev–Trinajstić information content (AvgIpc) is 3.08. The number of aromatic amines is 1. The predicted octanol–water partition coefficient (Wildman–Crippen LogP) is 0.189. The number of thioether (sulfide) groups is 1. The highest BCUT2D eigenvalue weighted by atomic mass is 32.2.